The predicted octanol–water partition coefficient (Wildman–Crippen LogP) is 1.95. The summed E-state index contributed by atoms with van der Waals surface area (Å²) in [6.07, 6.45) is -4.31. The van der Waals surface area contributed by atoms with Crippen molar-refractivity contribution in [2.45, 2.75) is 6.18 Å². The average Bonchev–Trinajstić information content (AvgIpc) is 2.80. The van der Waals surface area contributed by atoms with Crippen LogP contribution in [0.5, 0.6) is 0 Å². The lowest BCUT2D eigenvalue weighted by Crippen LogP contribution is -2.35. The van der Waals surface area contributed by atoms with Crippen molar-refractivity contribution >= 4 is 5.96 Å². The Morgan fingerprint density at radius 1 is 1.30 bits per heavy atom. The number of halogens is 3. The van der Waals surface area contributed by atoms with Crippen LogP contribution in [0.2, 0.25) is 0 Å². The van der Waals surface area contributed by atoms with E-state index in [-0.39, 0.29) is 0 Å². The van der Waals surface area contributed by atoms with Gasteiger partial charge in [0.05, 0.1) is 18.7 Å². The maximum absolute atomic E-state index is 12.4. The number of benzene rings is 1. The zero-order valence-corrected chi connectivity index (χ0v) is 11.0. The number of likely N-dealkylation sites (N-methyl/N-ethyl adjacent to an activating group) is 1. The largest absolute Gasteiger partial charge is 0.416 e. The Labute approximate surface area is 115 Å². The molecule has 3 nitrogen and oxygen atoms in total. The molecule has 1 aromatic carbocycles. The Morgan fingerprint density at radius 3 is 2.55 bits per heavy atom. The number of guanidine groups is 1. The van der Waals surface area contributed by atoms with Crippen molar-refractivity contribution in [3.8, 4) is 11.8 Å². The van der Waals surface area contributed by atoms with Gasteiger partial charge in [-0.25, -0.2) is 0 Å². The van der Waals surface area contributed by atoms with E-state index < -0.39 is 11.7 Å². The van der Waals surface area contributed by atoms with Gasteiger partial charge in [0.2, 0.25) is 0 Å². The standard InChI is InChI=1S/C14H14F3N3/c1-20-10-9-19-13(20)18-8-2-3-11-4-6-12(7-5-11)14(15,16)17/h4-7H,8-10H2,1H3,(H,18,19). The van der Waals surface area contributed by atoms with Crippen molar-refractivity contribution in [1.29, 1.82) is 0 Å². The first kappa shape index (κ1) is 14.3. The van der Waals surface area contributed by atoms with E-state index in [2.05, 4.69) is 22.2 Å². The van der Waals surface area contributed by atoms with Gasteiger partial charge in [0.15, 0.2) is 5.96 Å². The summed E-state index contributed by atoms with van der Waals surface area (Å²) in [4.78, 5) is 6.22. The summed E-state index contributed by atoms with van der Waals surface area (Å²) in [5.41, 5.74) is -0.107. The molecule has 0 saturated carbocycles. The first-order valence-electron chi connectivity index (χ1n) is 6.12. The molecule has 0 amide bonds. The van der Waals surface area contributed by atoms with E-state index in [9.17, 15) is 13.2 Å². The average molecular weight is 281 g/mol. The first-order valence-corrected chi connectivity index (χ1v) is 6.12. The van der Waals surface area contributed by atoms with Crippen molar-refractivity contribution in [3.63, 3.8) is 0 Å². The Balaban J connectivity index is 1.89. The molecular weight excluding hydrogens is 267 g/mol. The summed E-state index contributed by atoms with van der Waals surface area (Å²) < 4.78 is 37.1. The highest BCUT2D eigenvalue weighted by Crippen LogP contribution is 2.28. The van der Waals surface area contributed by atoms with E-state index >= 15 is 0 Å². The number of nitrogens with one attached hydrogen (secondary N) is 1. The SMILES string of the molecule is CN1CCN=C1NCC#Cc1ccc(C(F)(F)F)cc1. The van der Waals surface area contributed by atoms with E-state index in [1.807, 2.05) is 11.9 Å². The molecule has 1 aliphatic rings. The lowest BCUT2D eigenvalue weighted by Gasteiger charge is -2.13. The van der Waals surface area contributed by atoms with Crippen LogP contribution >= 0.6 is 0 Å². The molecule has 0 saturated heterocycles. The molecule has 0 atom stereocenters. The molecule has 0 spiro atoms. The van der Waals surface area contributed by atoms with Gasteiger partial charge in [0.25, 0.3) is 0 Å². The van der Waals surface area contributed by atoms with E-state index in [1.165, 1.54) is 12.1 Å². The summed E-state index contributed by atoms with van der Waals surface area (Å²) >= 11 is 0. The molecule has 2 rings (SSSR count). The monoisotopic (exact) mass is 281 g/mol. The highest BCUT2D eigenvalue weighted by Gasteiger charge is 2.29. The lowest BCUT2D eigenvalue weighted by molar-refractivity contribution is -0.137. The van der Waals surface area contributed by atoms with Crippen molar-refractivity contribution in [1.82, 2.24) is 10.2 Å². The van der Waals surface area contributed by atoms with Crippen LogP contribution in [0.4, 0.5) is 13.2 Å². The minimum atomic E-state index is -4.31. The molecule has 0 aromatic heterocycles. The molecule has 1 aliphatic heterocycles. The Kier molecular flexibility index (Phi) is 4.18. The van der Waals surface area contributed by atoms with Gasteiger partial charge in [-0.3, -0.25) is 4.99 Å². The molecule has 20 heavy (non-hydrogen) atoms. The molecule has 0 unspecified atom stereocenters. The van der Waals surface area contributed by atoms with Crippen LogP contribution in [0.15, 0.2) is 29.3 Å². The third-order valence-corrected chi connectivity index (χ3v) is 2.84. The van der Waals surface area contributed by atoms with Gasteiger partial charge in [-0.1, -0.05) is 11.8 Å². The number of rotatable bonds is 1. The number of alkyl halides is 3. The molecule has 1 N–H and O–H groups in total. The van der Waals surface area contributed by atoms with Crippen molar-refractivity contribution in [3.05, 3.63) is 35.4 Å². The summed E-state index contributed by atoms with van der Waals surface area (Å²) in [6.45, 7) is 2.06. The number of hydrogen-bond donors (Lipinski definition) is 1. The summed E-state index contributed by atoms with van der Waals surface area (Å²) in [5.74, 6) is 6.46. The highest BCUT2D eigenvalue weighted by atomic mass is 19.4. The topological polar surface area (TPSA) is 27.6 Å². The van der Waals surface area contributed by atoms with Crippen LogP contribution in [-0.4, -0.2) is 37.5 Å². The third-order valence-electron chi connectivity index (χ3n) is 2.84. The highest BCUT2D eigenvalue weighted by molar-refractivity contribution is 5.81. The van der Waals surface area contributed by atoms with Crippen LogP contribution in [0.3, 0.4) is 0 Å². The van der Waals surface area contributed by atoms with Crippen LogP contribution in [0.25, 0.3) is 0 Å². The minimum absolute atomic E-state index is 0.407. The smallest absolute Gasteiger partial charge is 0.345 e. The van der Waals surface area contributed by atoms with E-state index in [1.54, 1.807) is 0 Å². The molecule has 0 bridgehead atoms. The van der Waals surface area contributed by atoms with Crippen LogP contribution in [0.1, 0.15) is 11.1 Å². The number of nitrogens with zero attached hydrogens (tertiary/aromatic N) is 2. The molecular formula is C14H14F3N3. The van der Waals surface area contributed by atoms with Gasteiger partial charge in [-0.05, 0) is 24.3 Å². The van der Waals surface area contributed by atoms with Crippen LogP contribution < -0.4 is 5.32 Å². The van der Waals surface area contributed by atoms with Crippen LogP contribution in [-0.2, 0) is 6.18 Å². The van der Waals surface area contributed by atoms with Gasteiger partial charge < -0.3 is 10.2 Å². The Bertz CT molecular complexity index is 550. The molecule has 0 aliphatic carbocycles. The van der Waals surface area contributed by atoms with Gasteiger partial charge in [-0.2, -0.15) is 13.2 Å². The maximum Gasteiger partial charge on any atom is 0.416 e. The zero-order valence-electron chi connectivity index (χ0n) is 11.0. The van der Waals surface area contributed by atoms with Gasteiger partial charge in [0, 0.05) is 19.2 Å². The fraction of sp³-hybridized carbons (Fsp3) is 0.357. The predicted molar refractivity (Wildman–Crippen MR) is 71.3 cm³/mol. The molecule has 1 heterocycles. The third kappa shape index (κ3) is 3.67. The maximum atomic E-state index is 12.4. The van der Waals surface area contributed by atoms with E-state index in [0.29, 0.717) is 12.1 Å². The number of hydrogen-bond acceptors (Lipinski definition) is 3. The van der Waals surface area contributed by atoms with Crippen molar-refractivity contribution < 1.29 is 13.2 Å². The summed E-state index contributed by atoms with van der Waals surface area (Å²) in [5, 5.41) is 3.06. The second-order valence-electron chi connectivity index (χ2n) is 4.36. The minimum Gasteiger partial charge on any atom is -0.345 e. The summed E-state index contributed by atoms with van der Waals surface area (Å²) in [6, 6.07) is 4.81. The zero-order chi connectivity index (χ0) is 14.6. The van der Waals surface area contributed by atoms with Crippen LogP contribution in [0, 0.1) is 11.8 Å². The van der Waals surface area contributed by atoms with Crippen molar-refractivity contribution in [2.24, 2.45) is 4.99 Å². The fourth-order valence-corrected chi connectivity index (χ4v) is 1.74. The second kappa shape index (κ2) is 5.87. The molecule has 6 heteroatoms. The first-order chi connectivity index (χ1) is 9.47. The lowest BCUT2D eigenvalue weighted by atomic mass is 10.1. The fourth-order valence-electron chi connectivity index (χ4n) is 1.74. The van der Waals surface area contributed by atoms with E-state index in [4.69, 9.17) is 0 Å². The molecule has 0 radical (unpaired) electrons. The van der Waals surface area contributed by atoms with E-state index in [0.717, 1.165) is 31.2 Å². The van der Waals surface area contributed by atoms with Gasteiger partial charge >= 0.3 is 6.18 Å². The Morgan fingerprint density at radius 2 is 2.00 bits per heavy atom. The Hall–Kier alpha value is -2.16. The molecule has 0 fully saturated rings. The van der Waals surface area contributed by atoms with Gasteiger partial charge in [-0.15, -0.1) is 0 Å². The van der Waals surface area contributed by atoms with Gasteiger partial charge in [0.1, 0.15) is 0 Å². The molecule has 106 valence electrons. The second-order valence-corrected chi connectivity index (χ2v) is 4.36. The molecule has 1 aromatic rings. The van der Waals surface area contributed by atoms with Crippen molar-refractivity contribution in [2.75, 3.05) is 26.7 Å². The number of aliphatic imine (C=N–C) groups is 1. The summed E-state index contributed by atoms with van der Waals surface area (Å²) in [7, 11) is 1.93. The quantitative estimate of drug-likeness (QED) is 0.797. The normalized spacial score (nSPS) is 14.6.